The van der Waals surface area contributed by atoms with Gasteiger partial charge in [-0.1, -0.05) is 12.1 Å². The topological polar surface area (TPSA) is 96.0 Å². The summed E-state index contributed by atoms with van der Waals surface area (Å²) in [5.41, 5.74) is -4.59. The molecule has 0 saturated heterocycles. The van der Waals surface area contributed by atoms with Crippen molar-refractivity contribution in [2.24, 2.45) is 0 Å². The number of rotatable bonds is 8. The van der Waals surface area contributed by atoms with Crippen LogP contribution in [0.1, 0.15) is 28.8 Å². The van der Waals surface area contributed by atoms with Crippen LogP contribution in [0.5, 0.6) is 0 Å². The second kappa shape index (κ2) is 8.99. The van der Waals surface area contributed by atoms with Crippen molar-refractivity contribution in [3.05, 3.63) is 35.4 Å². The van der Waals surface area contributed by atoms with Gasteiger partial charge in [-0.15, -0.1) is 0 Å². The Hall–Kier alpha value is -2.14. The van der Waals surface area contributed by atoms with Crippen molar-refractivity contribution in [3.8, 4) is 0 Å². The van der Waals surface area contributed by atoms with E-state index in [1.807, 2.05) is 0 Å². The Bertz CT molecular complexity index is 727. The summed E-state index contributed by atoms with van der Waals surface area (Å²) in [6.07, 6.45) is -1.75. The van der Waals surface area contributed by atoms with Crippen molar-refractivity contribution >= 4 is 22.1 Å². The summed E-state index contributed by atoms with van der Waals surface area (Å²) in [6, 6.07) is 6.21. The first kappa shape index (κ1) is 21.9. The van der Waals surface area contributed by atoms with Crippen LogP contribution in [0.2, 0.25) is 0 Å². The number of carbonyl (C=O) groups is 2. The third-order valence-electron chi connectivity index (χ3n) is 3.30. The van der Waals surface area contributed by atoms with Crippen molar-refractivity contribution in [2.75, 3.05) is 14.2 Å². The molecule has 0 aromatic heterocycles. The maximum Gasteiger partial charge on any atom is 0.523 e. The van der Waals surface area contributed by atoms with E-state index in [4.69, 9.17) is 0 Å². The summed E-state index contributed by atoms with van der Waals surface area (Å²) in [5, 5.41) is 0. The predicted octanol–water partition coefficient (Wildman–Crippen LogP) is 2.20. The number of hydrogen-bond donors (Lipinski definition) is 0. The molecule has 146 valence electrons. The molecule has 0 saturated carbocycles. The molecule has 0 bridgehead atoms. The summed E-state index contributed by atoms with van der Waals surface area (Å²) in [7, 11) is -3.78. The van der Waals surface area contributed by atoms with Crippen LogP contribution in [0.4, 0.5) is 13.2 Å². The fraction of sp³-hybridized carbons (Fsp3) is 0.467. The lowest BCUT2D eigenvalue weighted by molar-refractivity contribution is -0.149. The van der Waals surface area contributed by atoms with E-state index >= 15 is 0 Å². The number of benzene rings is 1. The first-order chi connectivity index (χ1) is 12.0. The molecule has 0 fully saturated rings. The van der Waals surface area contributed by atoms with Crippen LogP contribution in [0.3, 0.4) is 0 Å². The van der Waals surface area contributed by atoms with Crippen LogP contribution in [-0.4, -0.2) is 46.2 Å². The monoisotopic (exact) mass is 398 g/mol. The molecule has 11 heteroatoms. The first-order valence-electron chi connectivity index (χ1n) is 7.26. The molecule has 0 N–H and O–H groups in total. The second-order valence-electron chi connectivity index (χ2n) is 5.09. The lowest BCUT2D eigenvalue weighted by Crippen LogP contribution is -2.34. The summed E-state index contributed by atoms with van der Waals surface area (Å²) in [6.45, 7) is 0. The van der Waals surface area contributed by atoms with Gasteiger partial charge in [-0.2, -0.15) is 21.6 Å². The Labute approximate surface area is 148 Å². The van der Waals surface area contributed by atoms with Crippen LogP contribution in [0.15, 0.2) is 24.3 Å². The average Bonchev–Trinajstić information content (AvgIpc) is 2.59. The number of ether oxygens (including phenoxy) is 2. The summed E-state index contributed by atoms with van der Waals surface area (Å²) in [4.78, 5) is 22.8. The van der Waals surface area contributed by atoms with Gasteiger partial charge in [0.15, 0.2) is 6.10 Å². The van der Waals surface area contributed by atoms with Gasteiger partial charge in [-0.25, -0.2) is 13.8 Å². The van der Waals surface area contributed by atoms with Crippen LogP contribution >= 0.6 is 0 Å². The van der Waals surface area contributed by atoms with Crippen molar-refractivity contribution in [3.63, 3.8) is 0 Å². The van der Waals surface area contributed by atoms with Gasteiger partial charge in [0.1, 0.15) is 0 Å². The molecule has 7 nitrogen and oxygen atoms in total. The zero-order valence-electron chi connectivity index (χ0n) is 13.9. The number of alkyl halides is 3. The smallest absolute Gasteiger partial charge is 0.467 e. The minimum absolute atomic E-state index is 0.144. The largest absolute Gasteiger partial charge is 0.523 e. The fourth-order valence-corrected chi connectivity index (χ4v) is 2.55. The fourth-order valence-electron chi connectivity index (χ4n) is 1.96. The van der Waals surface area contributed by atoms with Gasteiger partial charge in [0.05, 0.1) is 19.8 Å². The molecule has 26 heavy (non-hydrogen) atoms. The minimum atomic E-state index is -5.92. The Kier molecular flexibility index (Phi) is 7.57. The van der Waals surface area contributed by atoms with E-state index in [-0.39, 0.29) is 12.8 Å². The molecule has 0 aliphatic carbocycles. The highest BCUT2D eigenvalue weighted by atomic mass is 32.2. The van der Waals surface area contributed by atoms with Crippen LogP contribution in [0.25, 0.3) is 0 Å². The van der Waals surface area contributed by atoms with E-state index < -0.39 is 33.7 Å². The van der Waals surface area contributed by atoms with E-state index in [1.54, 1.807) is 12.1 Å². The first-order valence-corrected chi connectivity index (χ1v) is 8.67. The van der Waals surface area contributed by atoms with Gasteiger partial charge in [0.2, 0.25) is 0 Å². The molecule has 0 radical (unpaired) electrons. The third-order valence-corrected chi connectivity index (χ3v) is 4.35. The normalized spacial score (nSPS) is 13.1. The Balaban J connectivity index is 2.71. The molecular weight excluding hydrogens is 381 g/mol. The molecule has 0 aliphatic rings. The van der Waals surface area contributed by atoms with Crippen molar-refractivity contribution in [1.29, 1.82) is 0 Å². The SMILES string of the molecule is COC(=O)c1ccc(CCCC(OS(=O)(=O)C(F)(F)F)C(=O)OC)cc1. The van der Waals surface area contributed by atoms with Gasteiger partial charge in [-0.05, 0) is 37.0 Å². The van der Waals surface area contributed by atoms with Crippen molar-refractivity contribution in [1.82, 2.24) is 0 Å². The lowest BCUT2D eigenvalue weighted by Gasteiger charge is -2.16. The maximum absolute atomic E-state index is 12.4. The Morgan fingerprint density at radius 2 is 1.65 bits per heavy atom. The highest BCUT2D eigenvalue weighted by Crippen LogP contribution is 2.27. The number of methoxy groups -OCH3 is 2. The molecule has 1 rings (SSSR count). The van der Waals surface area contributed by atoms with Crippen molar-refractivity contribution in [2.45, 2.75) is 30.9 Å². The average molecular weight is 398 g/mol. The molecule has 0 heterocycles. The number of esters is 2. The second-order valence-corrected chi connectivity index (χ2v) is 6.65. The standard InChI is InChI=1S/C15H17F3O7S/c1-23-13(19)11-8-6-10(7-9-11)4-3-5-12(14(20)24-2)25-26(21,22)15(16,17)18/h6-9,12H,3-5H2,1-2H3. The summed E-state index contributed by atoms with van der Waals surface area (Å²) < 4.78 is 72.0. The quantitative estimate of drug-likeness (QED) is 0.376. The number of carbonyl (C=O) groups excluding carboxylic acids is 2. The van der Waals surface area contributed by atoms with Gasteiger partial charge in [0.25, 0.3) is 0 Å². The maximum atomic E-state index is 12.4. The van der Waals surface area contributed by atoms with Gasteiger partial charge < -0.3 is 9.47 Å². The Morgan fingerprint density at radius 3 is 2.12 bits per heavy atom. The van der Waals surface area contributed by atoms with E-state index in [0.29, 0.717) is 12.0 Å². The summed E-state index contributed by atoms with van der Waals surface area (Å²) in [5.74, 6) is -1.74. The number of aryl methyl sites for hydroxylation is 1. The highest BCUT2D eigenvalue weighted by molar-refractivity contribution is 7.87. The van der Waals surface area contributed by atoms with Gasteiger partial charge >= 0.3 is 27.6 Å². The van der Waals surface area contributed by atoms with E-state index in [0.717, 1.165) is 12.7 Å². The van der Waals surface area contributed by atoms with Gasteiger partial charge in [0, 0.05) is 0 Å². The van der Waals surface area contributed by atoms with E-state index in [1.165, 1.54) is 19.2 Å². The number of hydrogen-bond acceptors (Lipinski definition) is 7. The number of halogens is 3. The molecule has 0 amide bonds. The van der Waals surface area contributed by atoms with Crippen LogP contribution < -0.4 is 0 Å². The van der Waals surface area contributed by atoms with Crippen LogP contribution in [-0.2, 0) is 35.0 Å². The van der Waals surface area contributed by atoms with E-state index in [2.05, 4.69) is 13.7 Å². The zero-order valence-corrected chi connectivity index (χ0v) is 14.7. The van der Waals surface area contributed by atoms with E-state index in [9.17, 15) is 31.2 Å². The zero-order chi connectivity index (χ0) is 20.0. The van der Waals surface area contributed by atoms with Gasteiger partial charge in [-0.3, -0.25) is 0 Å². The minimum Gasteiger partial charge on any atom is -0.467 e. The van der Waals surface area contributed by atoms with Crippen molar-refractivity contribution < 1.29 is 44.8 Å². The molecular formula is C15H17F3O7S. The predicted molar refractivity (Wildman–Crippen MR) is 82.6 cm³/mol. The molecule has 0 aliphatic heterocycles. The lowest BCUT2D eigenvalue weighted by atomic mass is 10.0. The molecule has 1 unspecified atom stereocenters. The molecule has 1 aromatic rings. The molecule has 1 aromatic carbocycles. The third kappa shape index (κ3) is 5.99. The highest BCUT2D eigenvalue weighted by Gasteiger charge is 2.49. The molecule has 1 atom stereocenters. The molecule has 0 spiro atoms. The summed E-state index contributed by atoms with van der Waals surface area (Å²) >= 11 is 0. The van der Waals surface area contributed by atoms with Crippen LogP contribution in [0, 0.1) is 0 Å². The Morgan fingerprint density at radius 1 is 1.08 bits per heavy atom.